The van der Waals surface area contributed by atoms with Crippen molar-refractivity contribution in [3.05, 3.63) is 177 Å². The Kier molecular flexibility index (Phi) is 11.1. The Labute approximate surface area is 338 Å². The van der Waals surface area contributed by atoms with Gasteiger partial charge in [0.25, 0.3) is 0 Å². The highest BCUT2D eigenvalue weighted by Gasteiger charge is 2.55. The van der Waals surface area contributed by atoms with Crippen LogP contribution in [-0.4, -0.2) is 0 Å². The predicted octanol–water partition coefficient (Wildman–Crippen LogP) is 15.7. The van der Waals surface area contributed by atoms with E-state index in [1.165, 1.54) is 0 Å². The van der Waals surface area contributed by atoms with Crippen LogP contribution in [-0.2, 0) is 5.41 Å². The maximum Gasteiger partial charge on any atom is 0.0612 e. The molecular weight excluding hydrogens is 1150 g/mol. The third-order valence-corrected chi connectivity index (χ3v) is 14.4. The van der Waals surface area contributed by atoms with E-state index >= 15 is 0 Å². The first kappa shape index (κ1) is 34.8. The van der Waals surface area contributed by atoms with Gasteiger partial charge in [0, 0.05) is 51.8 Å². The van der Waals surface area contributed by atoms with E-state index < -0.39 is 5.41 Å². The highest BCUT2D eigenvalue weighted by Crippen LogP contribution is 2.67. The molecule has 0 heterocycles. The molecule has 226 valence electrons. The average molecular weight is 1170 g/mol. The minimum atomic E-state index is -0.797. The van der Waals surface area contributed by atoms with E-state index in [1.807, 2.05) is 0 Å². The third-order valence-electron chi connectivity index (χ3n) is 7.94. The molecule has 2 atom stereocenters. The standard InChI is InChI=1S/C36H19Br9/c37-21-13-11-19(12-14-21)30-31(20-5-3-6-22(38)17-20)36(25-7-1-2-8-26(25)40,33-27(41)9-4-10-28(33)42)32(35(45)34(30)44)24-16-15-23(39)18-29(24)43/h1-18,32H. The van der Waals surface area contributed by atoms with Crippen LogP contribution < -0.4 is 0 Å². The van der Waals surface area contributed by atoms with Crippen LogP contribution in [0.1, 0.15) is 33.7 Å². The van der Waals surface area contributed by atoms with Gasteiger partial charge in [-0.2, -0.15) is 0 Å². The van der Waals surface area contributed by atoms with Gasteiger partial charge in [-0.1, -0.05) is 182 Å². The largest absolute Gasteiger partial charge is 0.0619 e. The summed E-state index contributed by atoms with van der Waals surface area (Å²) in [4.78, 5) is 0. The zero-order valence-electron chi connectivity index (χ0n) is 22.9. The minimum absolute atomic E-state index is 0.226. The molecule has 0 amide bonds. The summed E-state index contributed by atoms with van der Waals surface area (Å²) in [5, 5.41) is 0. The summed E-state index contributed by atoms with van der Waals surface area (Å²) in [6, 6.07) is 38.5. The van der Waals surface area contributed by atoms with Gasteiger partial charge in [-0.25, -0.2) is 0 Å². The fourth-order valence-electron chi connectivity index (χ4n) is 6.25. The molecule has 0 aromatic heterocycles. The molecular formula is C36H19Br9. The van der Waals surface area contributed by atoms with Gasteiger partial charge >= 0.3 is 0 Å². The van der Waals surface area contributed by atoms with Gasteiger partial charge in [0.05, 0.1) is 5.41 Å². The predicted molar refractivity (Wildman–Crippen MR) is 221 cm³/mol. The first-order valence-electron chi connectivity index (χ1n) is 13.5. The molecule has 1 aliphatic carbocycles. The Morgan fingerprint density at radius 2 is 1.07 bits per heavy atom. The van der Waals surface area contributed by atoms with Crippen LogP contribution >= 0.6 is 143 Å². The van der Waals surface area contributed by atoms with Crippen molar-refractivity contribution in [2.24, 2.45) is 0 Å². The summed E-state index contributed by atoms with van der Waals surface area (Å²) in [7, 11) is 0. The Bertz CT molecular complexity index is 1990. The van der Waals surface area contributed by atoms with E-state index in [9.17, 15) is 0 Å². The normalized spacial score (nSPS) is 18.5. The zero-order chi connectivity index (χ0) is 32.0. The van der Waals surface area contributed by atoms with E-state index in [0.717, 1.165) is 79.2 Å². The number of rotatable bonds is 5. The SMILES string of the molecule is BrC1=C(Br)C(c2ccc(Br)cc2Br)C(c2ccccc2Br)(c2c(Br)cccc2Br)C(c2cccc(Br)c2)=C1c1ccc(Br)cc1. The van der Waals surface area contributed by atoms with Gasteiger partial charge in [0.1, 0.15) is 0 Å². The molecule has 0 spiro atoms. The molecule has 1 aliphatic rings. The van der Waals surface area contributed by atoms with Crippen molar-refractivity contribution in [3.8, 4) is 0 Å². The van der Waals surface area contributed by atoms with Crippen LogP contribution in [0.3, 0.4) is 0 Å². The summed E-state index contributed by atoms with van der Waals surface area (Å²) in [5.74, 6) is -0.226. The first-order valence-corrected chi connectivity index (χ1v) is 20.7. The molecule has 5 aromatic carbocycles. The highest BCUT2D eigenvalue weighted by molar-refractivity contribution is 9.14. The highest BCUT2D eigenvalue weighted by atomic mass is 79.9. The molecule has 0 bridgehead atoms. The van der Waals surface area contributed by atoms with Gasteiger partial charge < -0.3 is 0 Å². The van der Waals surface area contributed by atoms with Gasteiger partial charge in [0.2, 0.25) is 0 Å². The first-order chi connectivity index (χ1) is 21.5. The van der Waals surface area contributed by atoms with Crippen molar-refractivity contribution in [3.63, 3.8) is 0 Å². The van der Waals surface area contributed by atoms with Crippen LogP contribution in [0, 0.1) is 0 Å². The third kappa shape index (κ3) is 6.38. The van der Waals surface area contributed by atoms with Crippen molar-refractivity contribution < 1.29 is 0 Å². The average Bonchev–Trinajstić information content (AvgIpc) is 3.00. The van der Waals surface area contributed by atoms with Crippen LogP contribution in [0.15, 0.2) is 149 Å². The maximum atomic E-state index is 4.22. The number of halogens is 9. The van der Waals surface area contributed by atoms with Crippen molar-refractivity contribution in [1.82, 2.24) is 0 Å². The van der Waals surface area contributed by atoms with Crippen molar-refractivity contribution >= 4 is 155 Å². The molecule has 0 saturated heterocycles. The van der Waals surface area contributed by atoms with E-state index in [0.29, 0.717) is 0 Å². The summed E-state index contributed by atoms with van der Waals surface area (Å²) in [6.45, 7) is 0. The zero-order valence-corrected chi connectivity index (χ0v) is 37.1. The number of allylic oxidation sites excluding steroid dienone is 4. The second-order valence-electron chi connectivity index (χ2n) is 10.4. The van der Waals surface area contributed by atoms with Gasteiger partial charge in [-0.3, -0.25) is 0 Å². The summed E-state index contributed by atoms with van der Waals surface area (Å²) < 4.78 is 9.03. The monoisotopic (exact) mass is 1160 g/mol. The van der Waals surface area contributed by atoms with Crippen LogP contribution in [0.25, 0.3) is 11.1 Å². The number of hydrogen-bond acceptors (Lipinski definition) is 0. The Morgan fingerprint density at radius 3 is 1.71 bits per heavy atom. The molecule has 9 heteroatoms. The molecule has 0 nitrogen and oxygen atoms in total. The van der Waals surface area contributed by atoms with Crippen molar-refractivity contribution in [2.45, 2.75) is 11.3 Å². The molecule has 0 fully saturated rings. The smallest absolute Gasteiger partial charge is 0.0612 e. The quantitative estimate of drug-likeness (QED) is 0.165. The second kappa shape index (κ2) is 14.4. The minimum Gasteiger partial charge on any atom is -0.0619 e. The van der Waals surface area contributed by atoms with E-state index in [2.05, 4.69) is 253 Å². The maximum absolute atomic E-state index is 4.22. The number of benzene rings is 5. The molecule has 0 N–H and O–H groups in total. The van der Waals surface area contributed by atoms with E-state index in [-0.39, 0.29) is 5.92 Å². The summed E-state index contributed by atoms with van der Waals surface area (Å²) in [6.07, 6.45) is 0. The molecule has 5 aromatic rings. The second-order valence-corrected chi connectivity index (χ2v) is 18.2. The van der Waals surface area contributed by atoms with Crippen LogP contribution in [0.4, 0.5) is 0 Å². The fraction of sp³-hybridized carbons (Fsp3) is 0.0556. The van der Waals surface area contributed by atoms with Crippen molar-refractivity contribution in [2.75, 3.05) is 0 Å². The Morgan fingerprint density at radius 1 is 0.467 bits per heavy atom. The molecule has 0 aliphatic heterocycles. The van der Waals surface area contributed by atoms with Gasteiger partial charge in [0.15, 0.2) is 0 Å². The Balaban J connectivity index is 1.96. The van der Waals surface area contributed by atoms with Gasteiger partial charge in [-0.15, -0.1) is 0 Å². The van der Waals surface area contributed by atoms with Crippen LogP contribution in [0.2, 0.25) is 0 Å². The lowest BCUT2D eigenvalue weighted by molar-refractivity contribution is 0.571. The summed E-state index contributed by atoms with van der Waals surface area (Å²) >= 11 is 35.7. The molecule has 0 radical (unpaired) electrons. The van der Waals surface area contributed by atoms with E-state index in [4.69, 9.17) is 0 Å². The van der Waals surface area contributed by atoms with Crippen LogP contribution in [0.5, 0.6) is 0 Å². The lowest BCUT2D eigenvalue weighted by atomic mass is 9.55. The molecule has 2 unspecified atom stereocenters. The lowest BCUT2D eigenvalue weighted by Crippen LogP contribution is -2.41. The fourth-order valence-corrected chi connectivity index (χ4v) is 11.9. The van der Waals surface area contributed by atoms with E-state index in [1.54, 1.807) is 0 Å². The number of hydrogen-bond donors (Lipinski definition) is 0. The van der Waals surface area contributed by atoms with Crippen molar-refractivity contribution in [1.29, 1.82) is 0 Å². The topological polar surface area (TPSA) is 0 Å². The molecule has 0 saturated carbocycles. The molecule has 6 rings (SSSR count). The molecule has 45 heavy (non-hydrogen) atoms. The lowest BCUT2D eigenvalue weighted by Gasteiger charge is -2.50. The Hall–Kier alpha value is -0.100. The van der Waals surface area contributed by atoms with Gasteiger partial charge in [-0.05, 0) is 104 Å². The summed E-state index contributed by atoms with van der Waals surface area (Å²) in [5.41, 5.74) is 6.99.